The molecule has 4 heteroatoms. The highest BCUT2D eigenvalue weighted by Gasteiger charge is 2.21. The number of benzene rings is 1. The molecule has 17 heavy (non-hydrogen) atoms. The lowest BCUT2D eigenvalue weighted by molar-refractivity contribution is 0.283. The van der Waals surface area contributed by atoms with E-state index >= 15 is 0 Å². The molecule has 0 bridgehead atoms. The highest BCUT2D eigenvalue weighted by Crippen LogP contribution is 2.33. The van der Waals surface area contributed by atoms with E-state index in [2.05, 4.69) is 0 Å². The van der Waals surface area contributed by atoms with Gasteiger partial charge in [0.25, 0.3) is 0 Å². The molecule has 2 N–H and O–H groups in total. The summed E-state index contributed by atoms with van der Waals surface area (Å²) in [6.45, 7) is 0.743. The second kappa shape index (κ2) is 5.36. The van der Waals surface area contributed by atoms with Crippen molar-refractivity contribution in [2.75, 3.05) is 13.7 Å². The Labute approximate surface area is 107 Å². The maximum absolute atomic E-state index is 5.70. The van der Waals surface area contributed by atoms with Crippen LogP contribution in [0.5, 0.6) is 11.5 Å². The van der Waals surface area contributed by atoms with Gasteiger partial charge in [0.15, 0.2) is 11.5 Å². The zero-order valence-corrected chi connectivity index (χ0v) is 10.8. The Morgan fingerprint density at radius 2 is 2.18 bits per heavy atom. The Morgan fingerprint density at radius 1 is 1.41 bits per heavy atom. The van der Waals surface area contributed by atoms with Gasteiger partial charge in [-0.2, -0.15) is 0 Å². The van der Waals surface area contributed by atoms with Crippen LogP contribution in [-0.4, -0.2) is 18.7 Å². The van der Waals surface area contributed by atoms with Gasteiger partial charge in [-0.05, 0) is 30.5 Å². The third-order valence-corrected chi connectivity index (χ3v) is 3.16. The number of rotatable bonds is 6. The molecule has 0 radical (unpaired) electrons. The van der Waals surface area contributed by atoms with Crippen molar-refractivity contribution < 1.29 is 9.47 Å². The Kier molecular flexibility index (Phi) is 3.84. The average molecular weight is 251 g/mol. The summed E-state index contributed by atoms with van der Waals surface area (Å²) in [7, 11) is 1.62. The van der Waals surface area contributed by atoms with E-state index in [4.69, 9.17) is 27.4 Å². The molecule has 1 aliphatic carbocycles. The molecule has 1 fully saturated rings. The van der Waals surface area contributed by atoms with Crippen molar-refractivity contribution in [2.24, 2.45) is 11.7 Å². The lowest BCUT2D eigenvalue weighted by Gasteiger charge is -2.11. The third-order valence-electron chi connectivity index (χ3n) is 2.93. The topological polar surface area (TPSA) is 44.5 Å². The van der Waals surface area contributed by atoms with Gasteiger partial charge >= 0.3 is 0 Å². The Morgan fingerprint density at radius 3 is 2.76 bits per heavy atom. The van der Waals surface area contributed by atoms with Crippen LogP contribution >= 0.6 is 12.2 Å². The molecule has 1 saturated carbocycles. The number of methoxy groups -OCH3 is 1. The van der Waals surface area contributed by atoms with Crippen LogP contribution in [0.1, 0.15) is 24.8 Å². The molecule has 3 nitrogen and oxygen atoms in total. The van der Waals surface area contributed by atoms with Crippen LogP contribution in [0.15, 0.2) is 18.2 Å². The number of hydrogen-bond acceptors (Lipinski definition) is 3. The molecule has 0 unspecified atom stereocenters. The van der Waals surface area contributed by atoms with E-state index in [1.165, 1.54) is 12.8 Å². The molecular weight excluding hydrogens is 234 g/mol. The predicted octanol–water partition coefficient (Wildman–Crippen LogP) is 2.51. The van der Waals surface area contributed by atoms with E-state index in [1.54, 1.807) is 7.11 Å². The van der Waals surface area contributed by atoms with Crippen LogP contribution in [0, 0.1) is 5.92 Å². The standard InChI is InChI=1S/C13H17NO2S/c1-15-12-8-10(13(14)17)4-5-11(12)16-7-6-9-2-3-9/h4-5,8-9H,2-3,6-7H2,1H3,(H2,14,17). The van der Waals surface area contributed by atoms with E-state index in [1.807, 2.05) is 18.2 Å². The van der Waals surface area contributed by atoms with Gasteiger partial charge in [0.1, 0.15) is 4.99 Å². The lowest BCUT2D eigenvalue weighted by Crippen LogP contribution is -2.09. The molecule has 1 aromatic carbocycles. The van der Waals surface area contributed by atoms with E-state index in [0.29, 0.717) is 10.7 Å². The predicted molar refractivity (Wildman–Crippen MR) is 71.7 cm³/mol. The minimum atomic E-state index is 0.368. The normalized spacial score (nSPS) is 14.4. The monoisotopic (exact) mass is 251 g/mol. The van der Waals surface area contributed by atoms with Gasteiger partial charge in [-0.1, -0.05) is 25.1 Å². The van der Waals surface area contributed by atoms with Crippen LogP contribution in [0.2, 0.25) is 0 Å². The first-order chi connectivity index (χ1) is 8.20. The maximum Gasteiger partial charge on any atom is 0.161 e. The van der Waals surface area contributed by atoms with Gasteiger partial charge in [-0.15, -0.1) is 0 Å². The average Bonchev–Trinajstić information content (AvgIpc) is 3.13. The van der Waals surface area contributed by atoms with Crippen LogP contribution in [-0.2, 0) is 0 Å². The Bertz CT molecular complexity index is 416. The van der Waals surface area contributed by atoms with E-state index in [-0.39, 0.29) is 0 Å². The first-order valence-corrected chi connectivity index (χ1v) is 6.22. The summed E-state index contributed by atoms with van der Waals surface area (Å²) in [4.78, 5) is 0.368. The summed E-state index contributed by atoms with van der Waals surface area (Å²) in [6.07, 6.45) is 3.82. The minimum Gasteiger partial charge on any atom is -0.493 e. The van der Waals surface area contributed by atoms with Gasteiger partial charge < -0.3 is 15.2 Å². The molecule has 2 rings (SSSR count). The van der Waals surface area contributed by atoms with Gasteiger partial charge in [0.2, 0.25) is 0 Å². The maximum atomic E-state index is 5.70. The lowest BCUT2D eigenvalue weighted by atomic mass is 10.2. The summed E-state index contributed by atoms with van der Waals surface area (Å²) in [5, 5.41) is 0. The van der Waals surface area contributed by atoms with Crippen molar-refractivity contribution in [2.45, 2.75) is 19.3 Å². The number of nitrogens with two attached hydrogens (primary N) is 1. The van der Waals surface area contributed by atoms with E-state index in [9.17, 15) is 0 Å². The minimum absolute atomic E-state index is 0.368. The summed E-state index contributed by atoms with van der Waals surface area (Å²) < 4.78 is 11.0. The fourth-order valence-electron chi connectivity index (χ4n) is 1.68. The van der Waals surface area contributed by atoms with Crippen LogP contribution in [0.4, 0.5) is 0 Å². The molecule has 1 aromatic rings. The molecular formula is C13H17NO2S. The number of hydrogen-bond donors (Lipinski definition) is 1. The Balaban J connectivity index is 2.01. The van der Waals surface area contributed by atoms with E-state index < -0.39 is 0 Å². The van der Waals surface area contributed by atoms with Gasteiger partial charge in [-0.3, -0.25) is 0 Å². The first kappa shape index (κ1) is 12.2. The molecule has 1 aliphatic rings. The molecule has 92 valence electrons. The highest BCUT2D eigenvalue weighted by molar-refractivity contribution is 7.80. The van der Waals surface area contributed by atoms with Gasteiger partial charge in [0, 0.05) is 5.56 Å². The quantitative estimate of drug-likeness (QED) is 0.789. The first-order valence-electron chi connectivity index (χ1n) is 5.81. The van der Waals surface area contributed by atoms with Gasteiger partial charge in [-0.25, -0.2) is 0 Å². The molecule has 0 atom stereocenters. The fourth-order valence-corrected chi connectivity index (χ4v) is 1.81. The van der Waals surface area contributed by atoms with Crippen molar-refractivity contribution in [3.63, 3.8) is 0 Å². The SMILES string of the molecule is COc1cc(C(N)=S)ccc1OCCC1CC1. The fraction of sp³-hybridized carbons (Fsp3) is 0.462. The second-order valence-electron chi connectivity index (χ2n) is 4.31. The van der Waals surface area contributed by atoms with Crippen LogP contribution in [0.25, 0.3) is 0 Å². The number of ether oxygens (including phenoxy) is 2. The van der Waals surface area contributed by atoms with Crippen molar-refractivity contribution in [3.8, 4) is 11.5 Å². The second-order valence-corrected chi connectivity index (χ2v) is 4.75. The van der Waals surface area contributed by atoms with E-state index in [0.717, 1.165) is 30.3 Å². The molecule has 0 spiro atoms. The summed E-state index contributed by atoms with van der Waals surface area (Å²) >= 11 is 4.92. The van der Waals surface area contributed by atoms with Gasteiger partial charge in [0.05, 0.1) is 13.7 Å². The zero-order valence-electron chi connectivity index (χ0n) is 9.94. The van der Waals surface area contributed by atoms with Crippen LogP contribution < -0.4 is 15.2 Å². The third kappa shape index (κ3) is 3.33. The molecule has 0 aliphatic heterocycles. The smallest absolute Gasteiger partial charge is 0.161 e. The van der Waals surface area contributed by atoms with Crippen molar-refractivity contribution in [1.82, 2.24) is 0 Å². The summed E-state index contributed by atoms with van der Waals surface area (Å²) in [6, 6.07) is 5.53. The molecule has 0 aromatic heterocycles. The van der Waals surface area contributed by atoms with Crippen LogP contribution in [0.3, 0.4) is 0 Å². The van der Waals surface area contributed by atoms with Crippen molar-refractivity contribution in [3.05, 3.63) is 23.8 Å². The largest absolute Gasteiger partial charge is 0.493 e. The molecule has 0 saturated heterocycles. The Hall–Kier alpha value is -1.29. The summed E-state index contributed by atoms with van der Waals surface area (Å²) in [5.41, 5.74) is 6.37. The van der Waals surface area contributed by atoms with Crippen molar-refractivity contribution >= 4 is 17.2 Å². The molecule has 0 heterocycles. The summed E-state index contributed by atoms with van der Waals surface area (Å²) in [5.74, 6) is 2.32. The number of thiocarbonyl (C=S) groups is 1. The van der Waals surface area contributed by atoms with Crippen molar-refractivity contribution in [1.29, 1.82) is 0 Å². The molecule has 0 amide bonds. The highest BCUT2D eigenvalue weighted by atomic mass is 32.1. The zero-order chi connectivity index (χ0) is 12.3.